The fourth-order valence-corrected chi connectivity index (χ4v) is 0.550. The molecule has 2 N–H and O–H groups in total. The fraction of sp³-hybridized carbons (Fsp3) is 0.500. The van der Waals surface area contributed by atoms with Gasteiger partial charge in [0.15, 0.2) is 0 Å². The van der Waals surface area contributed by atoms with Crippen LogP contribution in [-0.2, 0) is 4.79 Å². The molecule has 0 saturated carbocycles. The van der Waals surface area contributed by atoms with Crippen LogP contribution in [0.1, 0.15) is 6.92 Å². The first kappa shape index (κ1) is 9.13. The van der Waals surface area contributed by atoms with E-state index in [1.165, 1.54) is 0 Å². The first-order chi connectivity index (χ1) is 4.63. The largest absolute Gasteiger partial charge is 0.351 e. The summed E-state index contributed by atoms with van der Waals surface area (Å²) in [6.45, 7) is 5.09. The van der Waals surface area contributed by atoms with Crippen molar-refractivity contribution >= 4 is 5.91 Å². The van der Waals surface area contributed by atoms with Crippen molar-refractivity contribution in [2.45, 2.75) is 13.3 Å². The van der Waals surface area contributed by atoms with E-state index in [9.17, 15) is 4.79 Å². The van der Waals surface area contributed by atoms with Crippen molar-refractivity contribution in [3.05, 3.63) is 12.7 Å². The summed E-state index contributed by atoms with van der Waals surface area (Å²) in [6, 6.07) is 0. The third-order valence-corrected chi connectivity index (χ3v) is 1.08. The third kappa shape index (κ3) is 2.16. The van der Waals surface area contributed by atoms with E-state index in [4.69, 9.17) is 10.2 Å². The molecule has 0 atom stereocenters. The molecule has 1 amide bonds. The SMILES string of the molecule is C=CC(=O)N(CC)C(O)O. The number of carbonyl (C=O) groups is 1. The molecule has 10 heavy (non-hydrogen) atoms. The van der Waals surface area contributed by atoms with E-state index in [-0.39, 0.29) is 6.54 Å². The highest BCUT2D eigenvalue weighted by Gasteiger charge is 2.13. The van der Waals surface area contributed by atoms with Crippen molar-refractivity contribution in [3.8, 4) is 0 Å². The van der Waals surface area contributed by atoms with E-state index in [1.54, 1.807) is 6.92 Å². The number of aliphatic hydroxyl groups is 2. The molecule has 0 fully saturated rings. The Balaban J connectivity index is 4.06. The van der Waals surface area contributed by atoms with Gasteiger partial charge in [0, 0.05) is 6.54 Å². The van der Waals surface area contributed by atoms with Gasteiger partial charge in [0.05, 0.1) is 0 Å². The number of hydrogen-bond acceptors (Lipinski definition) is 3. The summed E-state index contributed by atoms with van der Waals surface area (Å²) < 4.78 is 0. The molecular weight excluding hydrogens is 134 g/mol. The van der Waals surface area contributed by atoms with Gasteiger partial charge in [-0.05, 0) is 13.0 Å². The lowest BCUT2D eigenvalue weighted by molar-refractivity contribution is -0.171. The van der Waals surface area contributed by atoms with Crippen LogP contribution in [0.25, 0.3) is 0 Å². The molecular formula is C6H11NO3. The molecule has 0 heterocycles. The van der Waals surface area contributed by atoms with Gasteiger partial charge in [0.2, 0.25) is 12.3 Å². The quantitative estimate of drug-likeness (QED) is 0.407. The maximum Gasteiger partial charge on any atom is 0.249 e. The van der Waals surface area contributed by atoms with Gasteiger partial charge in [0.25, 0.3) is 0 Å². The monoisotopic (exact) mass is 145 g/mol. The van der Waals surface area contributed by atoms with Crippen LogP contribution in [0.15, 0.2) is 12.7 Å². The first-order valence-corrected chi connectivity index (χ1v) is 2.92. The second kappa shape index (κ2) is 4.03. The number of amides is 1. The highest BCUT2D eigenvalue weighted by atomic mass is 16.5. The van der Waals surface area contributed by atoms with Crippen molar-refractivity contribution in [2.75, 3.05) is 6.54 Å². The molecule has 0 aromatic rings. The molecule has 0 unspecified atom stereocenters. The highest BCUT2D eigenvalue weighted by Crippen LogP contribution is 1.93. The summed E-state index contributed by atoms with van der Waals surface area (Å²) in [4.78, 5) is 11.5. The van der Waals surface area contributed by atoms with E-state index in [0.717, 1.165) is 11.0 Å². The molecule has 0 saturated heterocycles. The van der Waals surface area contributed by atoms with Gasteiger partial charge in [0.1, 0.15) is 0 Å². The topological polar surface area (TPSA) is 60.8 Å². The van der Waals surface area contributed by atoms with Crippen molar-refractivity contribution in [3.63, 3.8) is 0 Å². The van der Waals surface area contributed by atoms with Crippen LogP contribution >= 0.6 is 0 Å². The lowest BCUT2D eigenvalue weighted by Crippen LogP contribution is -2.38. The molecule has 4 heteroatoms. The molecule has 4 nitrogen and oxygen atoms in total. The van der Waals surface area contributed by atoms with E-state index < -0.39 is 12.3 Å². The van der Waals surface area contributed by atoms with Gasteiger partial charge in [-0.2, -0.15) is 0 Å². The van der Waals surface area contributed by atoms with Crippen LogP contribution in [0.3, 0.4) is 0 Å². The van der Waals surface area contributed by atoms with Gasteiger partial charge >= 0.3 is 0 Å². The second-order valence-electron chi connectivity index (χ2n) is 1.67. The Kier molecular flexibility index (Phi) is 3.68. The zero-order chi connectivity index (χ0) is 8.15. The molecule has 0 radical (unpaired) electrons. The van der Waals surface area contributed by atoms with Crippen LogP contribution < -0.4 is 0 Å². The zero-order valence-corrected chi connectivity index (χ0v) is 5.82. The number of likely N-dealkylation sites (N-methyl/N-ethyl adjacent to an activating group) is 1. The smallest absolute Gasteiger partial charge is 0.249 e. The normalized spacial score (nSPS) is 9.60. The Morgan fingerprint density at radius 3 is 2.40 bits per heavy atom. The van der Waals surface area contributed by atoms with Gasteiger partial charge < -0.3 is 10.2 Å². The number of nitrogens with zero attached hydrogens (tertiary/aromatic N) is 1. The second-order valence-corrected chi connectivity index (χ2v) is 1.67. The standard InChI is InChI=1S/C6H11NO3/c1-3-5(8)7(4-2)6(9)10/h3,6,9-10H,1,4H2,2H3. The Bertz CT molecular complexity index is 133. The molecule has 0 aliphatic rings. The van der Waals surface area contributed by atoms with Crippen molar-refractivity contribution < 1.29 is 15.0 Å². The fourth-order valence-electron chi connectivity index (χ4n) is 0.550. The molecule has 0 aromatic heterocycles. The van der Waals surface area contributed by atoms with Crippen molar-refractivity contribution in [1.29, 1.82) is 0 Å². The van der Waals surface area contributed by atoms with Crippen LogP contribution in [0.2, 0.25) is 0 Å². The molecule has 0 spiro atoms. The molecule has 0 bridgehead atoms. The summed E-state index contributed by atoms with van der Waals surface area (Å²) >= 11 is 0. The lowest BCUT2D eigenvalue weighted by atomic mass is 10.5. The van der Waals surface area contributed by atoms with Gasteiger partial charge in [-0.3, -0.25) is 9.69 Å². The summed E-state index contributed by atoms with van der Waals surface area (Å²) in [5.74, 6) is -0.488. The molecule has 0 aromatic carbocycles. The summed E-state index contributed by atoms with van der Waals surface area (Å²) in [5.41, 5.74) is 0. The number of aliphatic hydroxyl groups excluding tert-OH is 1. The van der Waals surface area contributed by atoms with E-state index in [1.807, 2.05) is 0 Å². The van der Waals surface area contributed by atoms with Crippen LogP contribution in [0.4, 0.5) is 0 Å². The maximum atomic E-state index is 10.7. The Morgan fingerprint density at radius 1 is 1.80 bits per heavy atom. The lowest BCUT2D eigenvalue weighted by Gasteiger charge is -2.20. The van der Waals surface area contributed by atoms with Crippen LogP contribution in [0, 0.1) is 0 Å². The van der Waals surface area contributed by atoms with Crippen molar-refractivity contribution in [1.82, 2.24) is 4.90 Å². The molecule has 0 rings (SSSR count). The minimum absolute atomic E-state index is 0.252. The molecule has 58 valence electrons. The summed E-state index contributed by atoms with van der Waals surface area (Å²) in [7, 11) is 0. The Morgan fingerprint density at radius 2 is 2.30 bits per heavy atom. The predicted octanol–water partition coefficient (Wildman–Crippen LogP) is -0.711. The number of rotatable bonds is 3. The van der Waals surface area contributed by atoms with Crippen LogP contribution in [0.5, 0.6) is 0 Å². The van der Waals surface area contributed by atoms with Gasteiger partial charge in [-0.25, -0.2) is 0 Å². The van der Waals surface area contributed by atoms with Gasteiger partial charge in [-0.15, -0.1) is 0 Å². The van der Waals surface area contributed by atoms with E-state index in [0.29, 0.717) is 0 Å². The average molecular weight is 145 g/mol. The maximum absolute atomic E-state index is 10.7. The molecule has 0 aliphatic heterocycles. The highest BCUT2D eigenvalue weighted by molar-refractivity contribution is 5.86. The Labute approximate surface area is 59.4 Å². The minimum atomic E-state index is -1.73. The Hall–Kier alpha value is -0.870. The number of hydrogen-bond donors (Lipinski definition) is 2. The summed E-state index contributed by atoms with van der Waals surface area (Å²) in [6.07, 6.45) is -0.696. The number of carbonyl (C=O) groups excluding carboxylic acids is 1. The van der Waals surface area contributed by atoms with Crippen LogP contribution in [-0.4, -0.2) is 34.0 Å². The average Bonchev–Trinajstić information content (AvgIpc) is 1.88. The minimum Gasteiger partial charge on any atom is -0.351 e. The predicted molar refractivity (Wildman–Crippen MR) is 35.8 cm³/mol. The van der Waals surface area contributed by atoms with E-state index >= 15 is 0 Å². The summed E-state index contributed by atoms with van der Waals surface area (Å²) in [5, 5.41) is 17.1. The molecule has 0 aliphatic carbocycles. The zero-order valence-electron chi connectivity index (χ0n) is 5.82. The van der Waals surface area contributed by atoms with Gasteiger partial charge in [-0.1, -0.05) is 6.58 Å². The van der Waals surface area contributed by atoms with Crippen molar-refractivity contribution in [2.24, 2.45) is 0 Å². The van der Waals surface area contributed by atoms with E-state index in [2.05, 4.69) is 6.58 Å². The third-order valence-electron chi connectivity index (χ3n) is 1.08. The first-order valence-electron chi connectivity index (χ1n) is 2.92.